The summed E-state index contributed by atoms with van der Waals surface area (Å²) in [7, 11) is 0. The first kappa shape index (κ1) is 24.8. The van der Waals surface area contributed by atoms with Gasteiger partial charge in [0.2, 0.25) is 0 Å². The highest BCUT2D eigenvalue weighted by molar-refractivity contribution is 7.98. The van der Waals surface area contributed by atoms with Crippen molar-refractivity contribution in [2.45, 2.75) is 38.3 Å². The van der Waals surface area contributed by atoms with Gasteiger partial charge in [-0.3, -0.25) is 4.79 Å². The first-order chi connectivity index (χ1) is 16.8. The van der Waals surface area contributed by atoms with Gasteiger partial charge in [0.25, 0.3) is 5.91 Å². The maximum Gasteiger partial charge on any atom is 0.271 e. The second kappa shape index (κ2) is 11.0. The molecule has 0 aliphatic carbocycles. The van der Waals surface area contributed by atoms with Crippen molar-refractivity contribution in [2.24, 2.45) is 5.10 Å². The molecule has 0 bridgehead atoms. The van der Waals surface area contributed by atoms with Crippen molar-refractivity contribution in [3.63, 3.8) is 0 Å². The van der Waals surface area contributed by atoms with E-state index in [9.17, 15) is 4.79 Å². The summed E-state index contributed by atoms with van der Waals surface area (Å²) in [6.07, 6.45) is 1.70. The number of hydrogen-bond acceptors (Lipinski definition) is 3. The van der Waals surface area contributed by atoms with Gasteiger partial charge >= 0.3 is 0 Å². The summed E-state index contributed by atoms with van der Waals surface area (Å²) in [6, 6.07) is 24.0. The number of carbonyl (C=O) groups excluding carboxylic acids is 1. The molecule has 1 aromatic heterocycles. The molecule has 1 amide bonds. The Balaban J connectivity index is 1.38. The van der Waals surface area contributed by atoms with Crippen LogP contribution in [0.3, 0.4) is 0 Å². The molecule has 0 fully saturated rings. The molecule has 4 rings (SSSR count). The van der Waals surface area contributed by atoms with Crippen molar-refractivity contribution in [1.82, 2.24) is 9.99 Å². The summed E-state index contributed by atoms with van der Waals surface area (Å²) in [4.78, 5) is 13.7. The average Bonchev–Trinajstić information content (AvgIpc) is 3.11. The number of carbonyl (C=O) groups is 1. The van der Waals surface area contributed by atoms with Crippen LogP contribution in [0, 0.1) is 27.7 Å². The molecular formula is C29H28ClN3OS. The van der Waals surface area contributed by atoms with Crippen LogP contribution in [0.15, 0.2) is 82.8 Å². The van der Waals surface area contributed by atoms with Crippen molar-refractivity contribution < 1.29 is 4.79 Å². The highest BCUT2D eigenvalue weighted by Gasteiger charge is 2.11. The normalized spacial score (nSPS) is 11.2. The number of rotatable bonds is 7. The molecule has 0 saturated carbocycles. The van der Waals surface area contributed by atoms with Gasteiger partial charge in [0, 0.05) is 43.9 Å². The van der Waals surface area contributed by atoms with Gasteiger partial charge in [-0.05, 0) is 99.0 Å². The lowest BCUT2D eigenvalue weighted by atomic mass is 10.1. The Kier molecular flexibility index (Phi) is 7.79. The van der Waals surface area contributed by atoms with Crippen molar-refractivity contribution in [1.29, 1.82) is 0 Å². The van der Waals surface area contributed by atoms with E-state index in [-0.39, 0.29) is 5.91 Å². The van der Waals surface area contributed by atoms with Crippen LogP contribution in [-0.2, 0) is 5.75 Å². The predicted octanol–water partition coefficient (Wildman–Crippen LogP) is 7.42. The van der Waals surface area contributed by atoms with Crippen molar-refractivity contribution >= 4 is 35.5 Å². The van der Waals surface area contributed by atoms with Crippen LogP contribution in [0.5, 0.6) is 0 Å². The van der Waals surface area contributed by atoms with Crippen LogP contribution < -0.4 is 5.43 Å². The molecule has 1 N–H and O–H groups in total. The van der Waals surface area contributed by atoms with Crippen molar-refractivity contribution in [3.8, 4) is 5.69 Å². The van der Waals surface area contributed by atoms with E-state index in [1.165, 1.54) is 11.1 Å². The van der Waals surface area contributed by atoms with Crippen molar-refractivity contribution in [3.05, 3.63) is 117 Å². The van der Waals surface area contributed by atoms with Crippen LogP contribution in [0.25, 0.3) is 5.69 Å². The lowest BCUT2D eigenvalue weighted by Crippen LogP contribution is -2.17. The summed E-state index contributed by atoms with van der Waals surface area (Å²) < 4.78 is 2.21. The topological polar surface area (TPSA) is 46.4 Å². The molecule has 0 aliphatic rings. The van der Waals surface area contributed by atoms with E-state index in [1.54, 1.807) is 18.0 Å². The molecule has 0 unspecified atom stereocenters. The minimum atomic E-state index is -0.235. The third-order valence-electron chi connectivity index (χ3n) is 5.74. The maximum absolute atomic E-state index is 12.6. The number of nitrogens with one attached hydrogen (secondary N) is 1. The predicted molar refractivity (Wildman–Crippen MR) is 147 cm³/mol. The Bertz CT molecular complexity index is 1350. The monoisotopic (exact) mass is 501 g/mol. The van der Waals surface area contributed by atoms with Crippen LogP contribution in [0.4, 0.5) is 0 Å². The number of hydrogen-bond donors (Lipinski definition) is 1. The van der Waals surface area contributed by atoms with E-state index in [2.05, 4.69) is 67.1 Å². The van der Waals surface area contributed by atoms with Crippen LogP contribution >= 0.6 is 23.4 Å². The zero-order chi connectivity index (χ0) is 24.9. The van der Waals surface area contributed by atoms with Gasteiger partial charge in [0.15, 0.2) is 0 Å². The SMILES string of the molecule is Cc1cc(C)cc(-n2c(C)cc(/C=N\NC(=O)c3ccc(CSc4ccc(Cl)cc4)cc3)c2C)c1. The van der Waals surface area contributed by atoms with Gasteiger partial charge in [0.1, 0.15) is 0 Å². The third-order valence-corrected chi connectivity index (χ3v) is 7.08. The lowest BCUT2D eigenvalue weighted by molar-refractivity contribution is 0.0955. The molecule has 0 spiro atoms. The van der Waals surface area contributed by atoms with E-state index in [0.717, 1.165) is 43.9 Å². The van der Waals surface area contributed by atoms with Gasteiger partial charge in [-0.1, -0.05) is 29.8 Å². The van der Waals surface area contributed by atoms with Crippen molar-refractivity contribution in [2.75, 3.05) is 0 Å². The Morgan fingerprint density at radius 2 is 1.60 bits per heavy atom. The number of hydrazone groups is 1. The molecule has 0 aliphatic heterocycles. The van der Waals surface area contributed by atoms with Gasteiger partial charge in [-0.25, -0.2) is 5.43 Å². The zero-order valence-corrected chi connectivity index (χ0v) is 21.9. The fourth-order valence-corrected chi connectivity index (χ4v) is 5.05. The summed E-state index contributed by atoms with van der Waals surface area (Å²) >= 11 is 7.67. The summed E-state index contributed by atoms with van der Waals surface area (Å²) in [5, 5.41) is 4.95. The van der Waals surface area contributed by atoms with E-state index < -0.39 is 0 Å². The lowest BCUT2D eigenvalue weighted by Gasteiger charge is -2.11. The molecule has 0 radical (unpaired) electrons. The number of aryl methyl sites for hydroxylation is 3. The Hall–Kier alpha value is -3.28. The van der Waals surface area contributed by atoms with E-state index in [4.69, 9.17) is 11.6 Å². The molecular weight excluding hydrogens is 474 g/mol. The summed E-state index contributed by atoms with van der Waals surface area (Å²) in [5.41, 5.74) is 11.1. The van der Waals surface area contributed by atoms with Gasteiger partial charge in [0.05, 0.1) is 6.21 Å². The van der Waals surface area contributed by atoms with Crippen LogP contribution in [-0.4, -0.2) is 16.7 Å². The number of amides is 1. The minimum Gasteiger partial charge on any atom is -0.318 e. The first-order valence-electron chi connectivity index (χ1n) is 11.4. The van der Waals surface area contributed by atoms with E-state index >= 15 is 0 Å². The standard InChI is InChI=1S/C29H28ClN3OS/c1-19-13-20(2)15-27(14-19)33-21(3)16-25(22(33)4)17-31-32-29(34)24-7-5-23(6-8-24)18-35-28-11-9-26(30)10-12-28/h5-17H,18H2,1-4H3,(H,32,34)/b31-17-. The molecule has 0 saturated heterocycles. The van der Waals surface area contributed by atoms with Gasteiger partial charge in [-0.2, -0.15) is 5.10 Å². The Morgan fingerprint density at radius 3 is 2.26 bits per heavy atom. The second-order valence-electron chi connectivity index (χ2n) is 8.65. The molecule has 4 aromatic rings. The molecule has 178 valence electrons. The average molecular weight is 502 g/mol. The number of halogens is 1. The minimum absolute atomic E-state index is 0.235. The first-order valence-corrected chi connectivity index (χ1v) is 12.7. The maximum atomic E-state index is 12.6. The van der Waals surface area contributed by atoms with E-state index in [0.29, 0.717) is 5.56 Å². The summed E-state index contributed by atoms with van der Waals surface area (Å²) in [5.74, 6) is 0.582. The van der Waals surface area contributed by atoms with Gasteiger partial charge in [-0.15, -0.1) is 11.8 Å². The quantitative estimate of drug-likeness (QED) is 0.163. The fourth-order valence-electron chi connectivity index (χ4n) is 4.07. The van der Waals surface area contributed by atoms with Crippen LogP contribution in [0.2, 0.25) is 5.02 Å². The summed E-state index contributed by atoms with van der Waals surface area (Å²) in [6.45, 7) is 8.35. The largest absolute Gasteiger partial charge is 0.318 e. The molecule has 1 heterocycles. The highest BCUT2D eigenvalue weighted by Crippen LogP contribution is 2.25. The molecule has 3 aromatic carbocycles. The number of benzene rings is 3. The molecule has 35 heavy (non-hydrogen) atoms. The highest BCUT2D eigenvalue weighted by atomic mass is 35.5. The number of thioether (sulfide) groups is 1. The molecule has 0 atom stereocenters. The Labute approximate surface area is 216 Å². The third kappa shape index (κ3) is 6.24. The van der Waals surface area contributed by atoms with E-state index in [1.807, 2.05) is 48.5 Å². The second-order valence-corrected chi connectivity index (χ2v) is 10.1. The smallest absolute Gasteiger partial charge is 0.271 e. The van der Waals surface area contributed by atoms with Crippen LogP contribution in [0.1, 0.15) is 44.0 Å². The number of aromatic nitrogens is 1. The molecule has 6 heteroatoms. The van der Waals surface area contributed by atoms with Gasteiger partial charge < -0.3 is 4.57 Å². The molecule has 4 nitrogen and oxygen atoms in total. The Morgan fingerprint density at radius 1 is 0.943 bits per heavy atom. The zero-order valence-electron chi connectivity index (χ0n) is 20.3. The fraction of sp³-hybridized carbons (Fsp3) is 0.172. The number of nitrogens with zero attached hydrogens (tertiary/aromatic N) is 2.